The van der Waals surface area contributed by atoms with E-state index in [1.165, 1.54) is 0 Å². The molecule has 0 rings (SSSR count). The van der Waals surface area contributed by atoms with Crippen molar-refractivity contribution in [2.24, 2.45) is 0 Å². The van der Waals surface area contributed by atoms with Crippen molar-refractivity contribution in [3.8, 4) is 0 Å². The summed E-state index contributed by atoms with van der Waals surface area (Å²) in [5.41, 5.74) is 0. The number of hydrogen-bond donors (Lipinski definition) is 1. The second-order valence-electron chi connectivity index (χ2n) is 0.932. The molecule has 0 heterocycles. The molecule has 1 N–H and O–H groups in total. The zero-order valence-electron chi connectivity index (χ0n) is 3.35. The molecule has 6 heavy (non-hydrogen) atoms. The largest absolute Gasteiger partial charge is 0.481 e. The first kappa shape index (κ1) is 5.90. The Hall–Kier alpha value is -0.100. The summed E-state index contributed by atoms with van der Waals surface area (Å²) >= 11 is 0. The van der Waals surface area contributed by atoms with Crippen LogP contribution in [0.15, 0.2) is 0 Å². The molecule has 36 valence electrons. The van der Waals surface area contributed by atoms with Gasteiger partial charge in [0.1, 0.15) is 0 Å². The van der Waals surface area contributed by atoms with Gasteiger partial charge < -0.3 is 5.11 Å². The highest BCUT2D eigenvalue weighted by molar-refractivity contribution is 7.16. The summed E-state index contributed by atoms with van der Waals surface area (Å²) in [4.78, 5) is 9.59. The lowest BCUT2D eigenvalue weighted by molar-refractivity contribution is -0.136. The van der Waals surface area contributed by atoms with Crippen molar-refractivity contribution in [3.05, 3.63) is 0 Å². The quantitative estimate of drug-likeness (QED) is 0.515. The molecule has 0 fully saturated rings. The Morgan fingerprint density at radius 3 is 2.33 bits per heavy atom. The first-order valence-electron chi connectivity index (χ1n) is 1.69. The normalized spacial score (nSPS) is 8.17. The Bertz CT molecular complexity index is 52.8. The van der Waals surface area contributed by atoms with E-state index in [0.29, 0.717) is 6.16 Å². The summed E-state index contributed by atoms with van der Waals surface area (Å²) in [7, 11) is 2.34. The lowest BCUT2D eigenvalue weighted by Gasteiger charge is -1.79. The highest BCUT2D eigenvalue weighted by Gasteiger charge is 1.87. The topological polar surface area (TPSA) is 37.3 Å². The molecule has 0 spiro atoms. The van der Waals surface area contributed by atoms with Crippen molar-refractivity contribution >= 4 is 15.2 Å². The first-order chi connectivity index (χ1) is 2.77. The molecule has 0 radical (unpaired) electrons. The average Bonchev–Trinajstić information content (AvgIpc) is 1.35. The third-order valence-corrected chi connectivity index (χ3v) is 0.647. The maximum Gasteiger partial charge on any atom is 0.303 e. The van der Waals surface area contributed by atoms with Gasteiger partial charge in [-0.3, -0.25) is 4.79 Å². The van der Waals surface area contributed by atoms with E-state index in [1.54, 1.807) is 0 Å². The minimum absolute atomic E-state index is 0.255. The molecule has 1 atom stereocenters. The van der Waals surface area contributed by atoms with Crippen LogP contribution in [0.2, 0.25) is 0 Å². The van der Waals surface area contributed by atoms with Crippen molar-refractivity contribution in [1.29, 1.82) is 0 Å². The maximum atomic E-state index is 9.59. The van der Waals surface area contributed by atoms with Crippen LogP contribution in [-0.2, 0) is 4.79 Å². The summed E-state index contributed by atoms with van der Waals surface area (Å²) in [6.45, 7) is 0. The third kappa shape index (κ3) is 3.90. The molecule has 3 heteroatoms. The predicted molar refractivity (Wildman–Crippen MR) is 26.8 cm³/mol. The Labute approximate surface area is 38.8 Å². The fraction of sp³-hybridized carbons (Fsp3) is 0.667. The molecule has 0 aromatic rings. The number of carbonyl (C=O) groups is 1. The van der Waals surface area contributed by atoms with Crippen molar-refractivity contribution in [1.82, 2.24) is 0 Å². The molecule has 0 aliphatic rings. The lowest BCUT2D eigenvalue weighted by atomic mass is 10.5. The van der Waals surface area contributed by atoms with Gasteiger partial charge in [0, 0.05) is 6.42 Å². The fourth-order valence-corrected chi connectivity index (χ4v) is 0.370. The van der Waals surface area contributed by atoms with Gasteiger partial charge in [-0.25, -0.2) is 0 Å². The number of carboxylic acid groups (broad SMARTS) is 1. The number of rotatable bonds is 2. The second-order valence-corrected chi connectivity index (χ2v) is 1.51. The lowest BCUT2D eigenvalue weighted by Crippen LogP contribution is -1.92. The molecule has 0 saturated heterocycles. The van der Waals surface area contributed by atoms with Crippen LogP contribution in [-0.4, -0.2) is 17.2 Å². The zero-order chi connectivity index (χ0) is 4.99. The number of carboxylic acids is 1. The molecule has 0 aliphatic heterocycles. The standard InChI is InChI=1S/C3H7O2P/c4-3(5)1-2-6/h1-2,6H2,(H,4,5). The summed E-state index contributed by atoms with van der Waals surface area (Å²) < 4.78 is 0. The van der Waals surface area contributed by atoms with E-state index >= 15 is 0 Å². The zero-order valence-corrected chi connectivity index (χ0v) is 4.50. The number of hydrogen-bond acceptors (Lipinski definition) is 1. The molecule has 0 aromatic heterocycles. The van der Waals surface area contributed by atoms with Crippen LogP contribution in [0.5, 0.6) is 0 Å². The summed E-state index contributed by atoms with van der Waals surface area (Å²) in [6.07, 6.45) is 0.903. The first-order valence-corrected chi connectivity index (χ1v) is 2.51. The van der Waals surface area contributed by atoms with E-state index in [9.17, 15) is 4.79 Å². The van der Waals surface area contributed by atoms with Crippen LogP contribution in [0.25, 0.3) is 0 Å². The minimum atomic E-state index is -0.731. The molecule has 1 unspecified atom stereocenters. The predicted octanol–water partition coefficient (Wildman–Crippen LogP) is 0.336. The van der Waals surface area contributed by atoms with Gasteiger partial charge in [-0.1, -0.05) is 0 Å². The SMILES string of the molecule is O=C(O)CCP. The second kappa shape index (κ2) is 3.10. The van der Waals surface area contributed by atoms with Crippen LogP contribution in [0.3, 0.4) is 0 Å². The summed E-state index contributed by atoms with van der Waals surface area (Å²) in [5.74, 6) is -0.731. The van der Waals surface area contributed by atoms with E-state index in [2.05, 4.69) is 9.24 Å². The Balaban J connectivity index is 2.83. The molecule has 0 bridgehead atoms. The van der Waals surface area contributed by atoms with E-state index in [1.807, 2.05) is 0 Å². The van der Waals surface area contributed by atoms with Crippen molar-refractivity contribution in [2.75, 3.05) is 6.16 Å². The van der Waals surface area contributed by atoms with Gasteiger partial charge in [0.2, 0.25) is 0 Å². The van der Waals surface area contributed by atoms with Gasteiger partial charge in [-0.2, -0.15) is 0 Å². The van der Waals surface area contributed by atoms with Gasteiger partial charge in [0.05, 0.1) is 0 Å². The highest BCUT2D eigenvalue weighted by Crippen LogP contribution is 1.84. The van der Waals surface area contributed by atoms with E-state index in [4.69, 9.17) is 5.11 Å². The van der Waals surface area contributed by atoms with Crippen LogP contribution >= 0.6 is 9.24 Å². The highest BCUT2D eigenvalue weighted by atomic mass is 31.0. The summed E-state index contributed by atoms with van der Waals surface area (Å²) in [5, 5.41) is 7.90. The van der Waals surface area contributed by atoms with Gasteiger partial charge in [-0.15, -0.1) is 9.24 Å². The Morgan fingerprint density at radius 1 is 1.83 bits per heavy atom. The monoisotopic (exact) mass is 106 g/mol. The average molecular weight is 106 g/mol. The fourth-order valence-electron chi connectivity index (χ4n) is 0.123. The van der Waals surface area contributed by atoms with Crippen molar-refractivity contribution in [3.63, 3.8) is 0 Å². The molecular formula is C3H7O2P. The van der Waals surface area contributed by atoms with Crippen LogP contribution in [0.4, 0.5) is 0 Å². The molecule has 0 amide bonds. The van der Waals surface area contributed by atoms with E-state index in [-0.39, 0.29) is 6.42 Å². The van der Waals surface area contributed by atoms with Crippen molar-refractivity contribution < 1.29 is 9.90 Å². The summed E-state index contributed by atoms with van der Waals surface area (Å²) in [6, 6.07) is 0. The van der Waals surface area contributed by atoms with Gasteiger partial charge >= 0.3 is 5.97 Å². The maximum absolute atomic E-state index is 9.59. The molecule has 0 aromatic carbocycles. The molecule has 2 nitrogen and oxygen atoms in total. The number of aliphatic carboxylic acids is 1. The van der Waals surface area contributed by atoms with Gasteiger partial charge in [-0.05, 0) is 6.16 Å². The van der Waals surface area contributed by atoms with Crippen LogP contribution < -0.4 is 0 Å². The van der Waals surface area contributed by atoms with Crippen molar-refractivity contribution in [2.45, 2.75) is 6.42 Å². The molecular weight excluding hydrogens is 99.0 g/mol. The third-order valence-electron chi connectivity index (χ3n) is 0.358. The Kier molecular flexibility index (Phi) is 3.05. The van der Waals surface area contributed by atoms with Gasteiger partial charge in [0.15, 0.2) is 0 Å². The molecule has 0 saturated carbocycles. The minimum Gasteiger partial charge on any atom is -0.481 e. The van der Waals surface area contributed by atoms with Crippen LogP contribution in [0.1, 0.15) is 6.42 Å². The Morgan fingerprint density at radius 2 is 2.33 bits per heavy atom. The van der Waals surface area contributed by atoms with Gasteiger partial charge in [0.25, 0.3) is 0 Å². The van der Waals surface area contributed by atoms with Crippen LogP contribution in [0, 0.1) is 0 Å². The molecule has 0 aliphatic carbocycles. The van der Waals surface area contributed by atoms with E-state index < -0.39 is 5.97 Å². The van der Waals surface area contributed by atoms with E-state index in [0.717, 1.165) is 0 Å². The smallest absolute Gasteiger partial charge is 0.303 e.